The quantitative estimate of drug-likeness (QED) is 0.761. The fourth-order valence-corrected chi connectivity index (χ4v) is 3.23. The molecule has 2 N–H and O–H groups in total. The van der Waals surface area contributed by atoms with Crippen LogP contribution < -0.4 is 10.0 Å². The van der Waals surface area contributed by atoms with Crippen molar-refractivity contribution in [3.63, 3.8) is 0 Å². The average Bonchev–Trinajstić information content (AvgIpc) is 2.36. The van der Waals surface area contributed by atoms with Crippen molar-refractivity contribution in [2.24, 2.45) is 5.92 Å². The number of hydrogen-bond acceptors (Lipinski definition) is 5. The molecule has 1 atom stereocenters. The van der Waals surface area contributed by atoms with Crippen LogP contribution in [0.5, 0.6) is 0 Å². The molecule has 0 aromatic heterocycles. The topological polar surface area (TPSA) is 87.7 Å². The van der Waals surface area contributed by atoms with Crippen molar-refractivity contribution in [1.82, 2.24) is 14.3 Å². The van der Waals surface area contributed by atoms with Gasteiger partial charge in [-0.3, -0.25) is 0 Å². The molecule has 1 amide bonds. The van der Waals surface area contributed by atoms with Crippen LogP contribution in [0.25, 0.3) is 0 Å². The second-order valence-corrected chi connectivity index (χ2v) is 6.70. The maximum atomic E-state index is 11.9. The van der Waals surface area contributed by atoms with Crippen LogP contribution in [0.1, 0.15) is 26.7 Å². The maximum absolute atomic E-state index is 11.9. The second kappa shape index (κ2) is 7.06. The zero-order valence-corrected chi connectivity index (χ0v) is 12.5. The van der Waals surface area contributed by atoms with E-state index in [9.17, 15) is 13.2 Å². The monoisotopic (exact) mass is 293 g/mol. The predicted molar refractivity (Wildman–Crippen MR) is 71.9 cm³/mol. The van der Waals surface area contributed by atoms with Crippen LogP contribution in [0, 0.1) is 5.92 Å². The van der Waals surface area contributed by atoms with Crippen LogP contribution in [-0.4, -0.2) is 51.6 Å². The van der Waals surface area contributed by atoms with Crippen molar-refractivity contribution in [1.29, 1.82) is 0 Å². The lowest BCUT2D eigenvalue weighted by Crippen LogP contribution is -2.49. The molecule has 0 aliphatic carbocycles. The minimum absolute atomic E-state index is 0.269. The highest BCUT2D eigenvalue weighted by Gasteiger charge is 2.30. The van der Waals surface area contributed by atoms with Crippen LogP contribution >= 0.6 is 0 Å². The number of rotatable bonds is 5. The third-order valence-electron chi connectivity index (χ3n) is 3.03. The molecule has 0 radical (unpaired) electrons. The molecule has 1 saturated heterocycles. The lowest BCUT2D eigenvalue weighted by atomic mass is 9.99. The van der Waals surface area contributed by atoms with Gasteiger partial charge < -0.3 is 10.1 Å². The van der Waals surface area contributed by atoms with E-state index in [2.05, 4.69) is 23.9 Å². The second-order valence-electron chi connectivity index (χ2n) is 5.03. The fraction of sp³-hybridized carbons (Fsp3) is 0.909. The molecular formula is C11H23N3O4S. The average molecular weight is 293 g/mol. The van der Waals surface area contributed by atoms with E-state index < -0.39 is 16.3 Å². The van der Waals surface area contributed by atoms with Crippen molar-refractivity contribution < 1.29 is 17.9 Å². The van der Waals surface area contributed by atoms with E-state index in [1.54, 1.807) is 0 Å². The van der Waals surface area contributed by atoms with E-state index in [1.165, 1.54) is 4.31 Å². The Labute approximate surface area is 114 Å². The minimum Gasteiger partial charge on any atom is -0.452 e. The van der Waals surface area contributed by atoms with Crippen LogP contribution in [0.3, 0.4) is 0 Å². The van der Waals surface area contributed by atoms with Gasteiger partial charge in [0.25, 0.3) is 0 Å². The summed E-state index contributed by atoms with van der Waals surface area (Å²) in [4.78, 5) is 11.0. The number of ether oxygens (including phenoxy) is 1. The molecule has 0 spiro atoms. The molecule has 1 aliphatic heterocycles. The minimum atomic E-state index is -3.79. The molecular weight excluding hydrogens is 270 g/mol. The van der Waals surface area contributed by atoms with E-state index in [1.807, 2.05) is 4.72 Å². The first-order chi connectivity index (χ1) is 8.85. The Kier molecular flexibility index (Phi) is 6.02. The summed E-state index contributed by atoms with van der Waals surface area (Å²) in [6.45, 7) is 5.74. The van der Waals surface area contributed by atoms with Gasteiger partial charge in [0.15, 0.2) is 0 Å². The Hall–Kier alpha value is -0.860. The van der Waals surface area contributed by atoms with Crippen LogP contribution in [0.4, 0.5) is 4.79 Å². The summed E-state index contributed by atoms with van der Waals surface area (Å²) in [7, 11) is -2.65. The zero-order valence-electron chi connectivity index (χ0n) is 11.7. The third-order valence-corrected chi connectivity index (χ3v) is 4.47. The predicted octanol–water partition coefficient (Wildman–Crippen LogP) is 0.297. The third kappa shape index (κ3) is 5.33. The molecule has 112 valence electrons. The molecule has 1 heterocycles. The number of hydrogen-bond donors (Lipinski definition) is 2. The highest BCUT2D eigenvalue weighted by atomic mass is 32.2. The Bertz CT molecular complexity index is 397. The van der Waals surface area contributed by atoms with E-state index in [0.29, 0.717) is 19.1 Å². The van der Waals surface area contributed by atoms with E-state index in [0.717, 1.165) is 26.5 Å². The number of amides is 1. The summed E-state index contributed by atoms with van der Waals surface area (Å²) in [6.07, 6.45) is 0.832. The largest absolute Gasteiger partial charge is 0.452 e. The SMILES string of the molecule is COC(=O)NS(=O)(=O)N1CCCC(CNC(C)C)C1. The van der Waals surface area contributed by atoms with Crippen LogP contribution in [-0.2, 0) is 14.9 Å². The van der Waals surface area contributed by atoms with E-state index in [4.69, 9.17) is 0 Å². The molecule has 1 rings (SSSR count). The normalized spacial score (nSPS) is 21.4. The number of nitrogens with one attached hydrogen (secondary N) is 2. The van der Waals surface area contributed by atoms with Gasteiger partial charge >= 0.3 is 16.3 Å². The number of carbonyl (C=O) groups excluding carboxylic acids is 1. The lowest BCUT2D eigenvalue weighted by Gasteiger charge is -2.32. The number of methoxy groups -OCH3 is 1. The van der Waals surface area contributed by atoms with Gasteiger partial charge in [-0.1, -0.05) is 13.8 Å². The first-order valence-corrected chi connectivity index (χ1v) is 7.88. The number of nitrogens with zero attached hydrogens (tertiary/aromatic N) is 1. The Morgan fingerprint density at radius 1 is 1.47 bits per heavy atom. The van der Waals surface area contributed by atoms with Gasteiger partial charge in [-0.05, 0) is 25.3 Å². The lowest BCUT2D eigenvalue weighted by molar-refractivity contribution is 0.176. The van der Waals surface area contributed by atoms with Crippen molar-refractivity contribution >= 4 is 16.3 Å². The maximum Gasteiger partial charge on any atom is 0.421 e. The molecule has 0 aromatic carbocycles. The van der Waals surface area contributed by atoms with E-state index in [-0.39, 0.29) is 5.92 Å². The summed E-state index contributed by atoms with van der Waals surface area (Å²) in [5, 5.41) is 3.31. The van der Waals surface area contributed by atoms with Gasteiger partial charge in [0.05, 0.1) is 7.11 Å². The van der Waals surface area contributed by atoms with Gasteiger partial charge in [0.2, 0.25) is 0 Å². The van der Waals surface area contributed by atoms with E-state index >= 15 is 0 Å². The molecule has 19 heavy (non-hydrogen) atoms. The molecule has 0 aromatic rings. The standard InChI is InChI=1S/C11H23N3O4S/c1-9(2)12-7-10-5-4-6-14(8-10)19(16,17)13-11(15)18-3/h9-10,12H,4-8H2,1-3H3,(H,13,15). The van der Waals surface area contributed by atoms with Crippen molar-refractivity contribution in [2.45, 2.75) is 32.7 Å². The first kappa shape index (κ1) is 16.2. The summed E-state index contributed by atoms with van der Waals surface area (Å²) in [6, 6.07) is 0.375. The van der Waals surface area contributed by atoms with Crippen molar-refractivity contribution in [3.8, 4) is 0 Å². The molecule has 1 aliphatic rings. The fourth-order valence-electron chi connectivity index (χ4n) is 2.03. The van der Waals surface area contributed by atoms with Gasteiger partial charge in [-0.25, -0.2) is 9.52 Å². The summed E-state index contributed by atoms with van der Waals surface area (Å²) in [5.74, 6) is 0.269. The van der Waals surface area contributed by atoms with Gasteiger partial charge in [-0.15, -0.1) is 0 Å². The van der Waals surface area contributed by atoms with Crippen LogP contribution in [0.15, 0.2) is 0 Å². The smallest absolute Gasteiger partial charge is 0.421 e. The van der Waals surface area contributed by atoms with Crippen molar-refractivity contribution in [2.75, 3.05) is 26.7 Å². The summed E-state index contributed by atoms with van der Waals surface area (Å²) >= 11 is 0. The zero-order chi connectivity index (χ0) is 14.5. The molecule has 0 saturated carbocycles. The van der Waals surface area contributed by atoms with Crippen LogP contribution in [0.2, 0.25) is 0 Å². The Morgan fingerprint density at radius 3 is 2.74 bits per heavy atom. The molecule has 1 unspecified atom stereocenters. The van der Waals surface area contributed by atoms with Crippen molar-refractivity contribution in [3.05, 3.63) is 0 Å². The first-order valence-electron chi connectivity index (χ1n) is 6.44. The molecule has 8 heteroatoms. The van der Waals surface area contributed by atoms with Gasteiger partial charge in [0, 0.05) is 19.1 Å². The summed E-state index contributed by atoms with van der Waals surface area (Å²) < 4.78 is 31.4. The molecule has 7 nitrogen and oxygen atoms in total. The molecule has 0 bridgehead atoms. The Morgan fingerprint density at radius 2 is 2.16 bits per heavy atom. The number of piperidine rings is 1. The molecule has 1 fully saturated rings. The highest BCUT2D eigenvalue weighted by molar-refractivity contribution is 7.87. The summed E-state index contributed by atoms with van der Waals surface area (Å²) in [5.41, 5.74) is 0. The van der Waals surface area contributed by atoms with Gasteiger partial charge in [-0.2, -0.15) is 12.7 Å². The van der Waals surface area contributed by atoms with Gasteiger partial charge in [0.1, 0.15) is 0 Å². The highest BCUT2D eigenvalue weighted by Crippen LogP contribution is 2.18. The number of carbonyl (C=O) groups is 1. The Balaban J connectivity index is 2.56.